The predicted molar refractivity (Wildman–Crippen MR) is 83.1 cm³/mol. The second-order valence-corrected chi connectivity index (χ2v) is 4.95. The first-order valence-electron chi connectivity index (χ1n) is 6.96. The van der Waals surface area contributed by atoms with Crippen molar-refractivity contribution in [3.8, 4) is 11.5 Å². The molecule has 2 aromatic rings. The normalized spacial score (nSPS) is 11.7. The molecule has 2 aromatic carbocycles. The predicted octanol–water partition coefficient (Wildman–Crippen LogP) is 1.73. The summed E-state index contributed by atoms with van der Waals surface area (Å²) in [5, 5.41) is 21.5. The van der Waals surface area contributed by atoms with E-state index >= 15 is 0 Å². The number of phenols is 1. The molecule has 0 aromatic heterocycles. The van der Waals surface area contributed by atoms with Crippen LogP contribution in [-0.2, 0) is 6.42 Å². The molecule has 0 aliphatic carbocycles. The fraction of sp³-hybridized carbons (Fsp3) is 0.235. The summed E-state index contributed by atoms with van der Waals surface area (Å²) in [6.45, 7) is -0.164. The number of aliphatic hydroxyl groups is 1. The average Bonchev–Trinajstić information content (AvgIpc) is 2.56. The Balaban J connectivity index is 1.99. The van der Waals surface area contributed by atoms with Crippen LogP contribution < -0.4 is 10.1 Å². The summed E-state index contributed by atoms with van der Waals surface area (Å²) in [5.74, 6) is 0.617. The van der Waals surface area contributed by atoms with Gasteiger partial charge in [0.25, 0.3) is 5.91 Å². The van der Waals surface area contributed by atoms with Crippen LogP contribution in [-0.4, -0.2) is 35.9 Å². The van der Waals surface area contributed by atoms with E-state index in [9.17, 15) is 15.0 Å². The van der Waals surface area contributed by atoms with Gasteiger partial charge in [0.15, 0.2) is 0 Å². The van der Waals surface area contributed by atoms with Crippen molar-refractivity contribution in [2.24, 2.45) is 0 Å². The van der Waals surface area contributed by atoms with Crippen molar-refractivity contribution in [1.29, 1.82) is 0 Å². The van der Waals surface area contributed by atoms with Gasteiger partial charge in [0.05, 0.1) is 19.8 Å². The molecule has 3 N–H and O–H groups in total. The molecule has 5 heteroatoms. The monoisotopic (exact) mass is 301 g/mol. The van der Waals surface area contributed by atoms with Crippen LogP contribution >= 0.6 is 0 Å². The lowest BCUT2D eigenvalue weighted by Crippen LogP contribution is -2.39. The van der Waals surface area contributed by atoms with Gasteiger partial charge in [0.1, 0.15) is 11.5 Å². The van der Waals surface area contributed by atoms with Crippen LogP contribution in [0.2, 0.25) is 0 Å². The minimum atomic E-state index is -0.390. The Morgan fingerprint density at radius 1 is 1.14 bits per heavy atom. The third-order valence-electron chi connectivity index (χ3n) is 3.33. The van der Waals surface area contributed by atoms with E-state index in [1.54, 1.807) is 55.6 Å². The zero-order chi connectivity index (χ0) is 15.9. The van der Waals surface area contributed by atoms with Crippen LogP contribution in [0.1, 0.15) is 15.9 Å². The van der Waals surface area contributed by atoms with Gasteiger partial charge in [0.2, 0.25) is 0 Å². The van der Waals surface area contributed by atoms with Gasteiger partial charge in [-0.05, 0) is 48.4 Å². The summed E-state index contributed by atoms with van der Waals surface area (Å²) in [6, 6.07) is 13.1. The van der Waals surface area contributed by atoms with Crippen LogP contribution in [0, 0.1) is 0 Å². The smallest absolute Gasteiger partial charge is 0.251 e. The fourth-order valence-electron chi connectivity index (χ4n) is 2.09. The molecule has 0 aliphatic heterocycles. The summed E-state index contributed by atoms with van der Waals surface area (Å²) in [4.78, 5) is 12.2. The molecule has 0 spiro atoms. The minimum Gasteiger partial charge on any atom is -0.508 e. The first-order chi connectivity index (χ1) is 10.6. The number of phenolic OH excluding ortho intramolecular Hbond substituents is 1. The molecule has 0 bridgehead atoms. The lowest BCUT2D eigenvalue weighted by Gasteiger charge is -2.16. The molecular weight excluding hydrogens is 282 g/mol. The van der Waals surface area contributed by atoms with Crippen LogP contribution in [0.3, 0.4) is 0 Å². The van der Waals surface area contributed by atoms with E-state index in [4.69, 9.17) is 4.74 Å². The minimum absolute atomic E-state index is 0.164. The van der Waals surface area contributed by atoms with E-state index < -0.39 is 0 Å². The molecule has 2 rings (SSSR count). The van der Waals surface area contributed by atoms with Gasteiger partial charge in [-0.3, -0.25) is 4.79 Å². The van der Waals surface area contributed by atoms with Crippen molar-refractivity contribution >= 4 is 5.91 Å². The highest BCUT2D eigenvalue weighted by Crippen LogP contribution is 2.13. The van der Waals surface area contributed by atoms with E-state index in [2.05, 4.69) is 5.32 Å². The summed E-state index contributed by atoms with van der Waals surface area (Å²) >= 11 is 0. The zero-order valence-corrected chi connectivity index (χ0v) is 12.3. The van der Waals surface area contributed by atoms with Crippen molar-refractivity contribution in [2.75, 3.05) is 13.7 Å². The molecule has 0 aliphatic rings. The number of hydrogen-bond acceptors (Lipinski definition) is 4. The Kier molecular flexibility index (Phi) is 5.38. The molecule has 0 fully saturated rings. The highest BCUT2D eigenvalue weighted by atomic mass is 16.5. The van der Waals surface area contributed by atoms with E-state index in [0.29, 0.717) is 17.7 Å². The standard InChI is InChI=1S/C17H19NO4/c1-22-16-8-4-13(5-9-16)17(21)18-14(11-19)10-12-2-6-15(20)7-3-12/h2-9,14,19-20H,10-11H2,1H3,(H,18,21). The molecular formula is C17H19NO4. The molecule has 0 saturated carbocycles. The Bertz CT molecular complexity index is 608. The Morgan fingerprint density at radius 3 is 2.32 bits per heavy atom. The number of aromatic hydroxyl groups is 1. The van der Waals surface area contributed by atoms with Crippen molar-refractivity contribution in [2.45, 2.75) is 12.5 Å². The number of benzene rings is 2. The lowest BCUT2D eigenvalue weighted by molar-refractivity contribution is 0.0916. The Labute approximate surface area is 129 Å². The van der Waals surface area contributed by atoms with Crippen LogP contribution in [0.15, 0.2) is 48.5 Å². The van der Waals surface area contributed by atoms with Crippen molar-refractivity contribution < 1.29 is 19.7 Å². The highest BCUT2D eigenvalue weighted by molar-refractivity contribution is 5.94. The number of ether oxygens (including phenoxy) is 1. The number of carbonyl (C=O) groups excluding carboxylic acids is 1. The van der Waals surface area contributed by atoms with E-state index in [1.807, 2.05) is 0 Å². The van der Waals surface area contributed by atoms with Gasteiger partial charge in [0, 0.05) is 5.56 Å². The maximum absolute atomic E-state index is 12.2. The van der Waals surface area contributed by atoms with E-state index in [0.717, 1.165) is 5.56 Å². The average molecular weight is 301 g/mol. The Morgan fingerprint density at radius 2 is 1.77 bits per heavy atom. The van der Waals surface area contributed by atoms with Crippen molar-refractivity contribution in [3.63, 3.8) is 0 Å². The van der Waals surface area contributed by atoms with E-state index in [1.165, 1.54) is 0 Å². The molecule has 1 unspecified atom stereocenters. The largest absolute Gasteiger partial charge is 0.508 e. The number of hydrogen-bond donors (Lipinski definition) is 3. The van der Waals surface area contributed by atoms with E-state index in [-0.39, 0.29) is 24.3 Å². The molecule has 1 atom stereocenters. The van der Waals surface area contributed by atoms with Crippen LogP contribution in [0.5, 0.6) is 11.5 Å². The molecule has 0 radical (unpaired) electrons. The molecule has 5 nitrogen and oxygen atoms in total. The first kappa shape index (κ1) is 15.9. The fourth-order valence-corrected chi connectivity index (χ4v) is 2.09. The van der Waals surface area contributed by atoms with Crippen molar-refractivity contribution in [1.82, 2.24) is 5.32 Å². The third kappa shape index (κ3) is 4.23. The quantitative estimate of drug-likeness (QED) is 0.759. The van der Waals surface area contributed by atoms with Gasteiger partial charge in [-0.1, -0.05) is 12.1 Å². The van der Waals surface area contributed by atoms with Gasteiger partial charge in [-0.2, -0.15) is 0 Å². The number of methoxy groups -OCH3 is 1. The second-order valence-electron chi connectivity index (χ2n) is 4.95. The zero-order valence-electron chi connectivity index (χ0n) is 12.3. The van der Waals surface area contributed by atoms with Crippen LogP contribution in [0.4, 0.5) is 0 Å². The number of carbonyl (C=O) groups is 1. The van der Waals surface area contributed by atoms with Gasteiger partial charge in [-0.25, -0.2) is 0 Å². The third-order valence-corrected chi connectivity index (χ3v) is 3.33. The second kappa shape index (κ2) is 7.47. The molecule has 0 saturated heterocycles. The maximum atomic E-state index is 12.2. The Hall–Kier alpha value is -2.53. The number of aliphatic hydroxyl groups excluding tert-OH is 1. The topological polar surface area (TPSA) is 78.8 Å². The molecule has 0 heterocycles. The van der Waals surface area contributed by atoms with Gasteiger partial charge >= 0.3 is 0 Å². The maximum Gasteiger partial charge on any atom is 0.251 e. The summed E-state index contributed by atoms with van der Waals surface area (Å²) in [5.41, 5.74) is 1.43. The lowest BCUT2D eigenvalue weighted by atomic mass is 10.1. The number of amides is 1. The highest BCUT2D eigenvalue weighted by Gasteiger charge is 2.13. The summed E-state index contributed by atoms with van der Waals surface area (Å²) < 4.78 is 5.05. The molecule has 1 amide bonds. The van der Waals surface area contributed by atoms with Gasteiger partial charge < -0.3 is 20.3 Å². The first-order valence-corrected chi connectivity index (χ1v) is 6.96. The SMILES string of the molecule is COc1ccc(C(=O)NC(CO)Cc2ccc(O)cc2)cc1. The van der Waals surface area contributed by atoms with Crippen LogP contribution in [0.25, 0.3) is 0 Å². The number of nitrogens with one attached hydrogen (secondary N) is 1. The van der Waals surface area contributed by atoms with Crippen molar-refractivity contribution in [3.05, 3.63) is 59.7 Å². The molecule has 22 heavy (non-hydrogen) atoms. The summed E-state index contributed by atoms with van der Waals surface area (Å²) in [7, 11) is 1.56. The summed E-state index contributed by atoms with van der Waals surface area (Å²) in [6.07, 6.45) is 0.485. The van der Waals surface area contributed by atoms with Gasteiger partial charge in [-0.15, -0.1) is 0 Å². The molecule has 116 valence electrons. The number of rotatable bonds is 6.